The van der Waals surface area contributed by atoms with Crippen molar-refractivity contribution in [3.05, 3.63) is 54.3 Å². The minimum absolute atomic E-state index is 0.0921. The van der Waals surface area contributed by atoms with Crippen LogP contribution in [0.3, 0.4) is 0 Å². The van der Waals surface area contributed by atoms with Gasteiger partial charge in [0.2, 0.25) is 0 Å². The van der Waals surface area contributed by atoms with E-state index in [0.29, 0.717) is 0 Å². The molecule has 0 heterocycles. The Hall–Kier alpha value is -2.77. The molecule has 0 saturated heterocycles. The van der Waals surface area contributed by atoms with Crippen LogP contribution in [0.15, 0.2) is 48.5 Å². The monoisotopic (exact) mass is 343 g/mol. The Labute approximate surface area is 135 Å². The molecular formula is C16H13F4NO3. The Morgan fingerprint density at radius 1 is 1.00 bits per heavy atom. The van der Waals surface area contributed by atoms with Crippen LogP contribution in [0, 0.1) is 5.82 Å². The molecule has 128 valence electrons. The molecule has 8 heteroatoms. The molecule has 4 nitrogen and oxygen atoms in total. The van der Waals surface area contributed by atoms with Crippen LogP contribution >= 0.6 is 0 Å². The SMILES string of the molecule is O=C(COc1ccc(F)cc1)Nc1ccccc1OCC(F)(F)F. The Morgan fingerprint density at radius 3 is 2.33 bits per heavy atom. The van der Waals surface area contributed by atoms with Gasteiger partial charge in [0.25, 0.3) is 5.91 Å². The van der Waals surface area contributed by atoms with E-state index >= 15 is 0 Å². The quantitative estimate of drug-likeness (QED) is 0.812. The van der Waals surface area contributed by atoms with Crippen molar-refractivity contribution in [3.8, 4) is 11.5 Å². The number of amides is 1. The molecule has 0 unspecified atom stereocenters. The highest BCUT2D eigenvalue weighted by molar-refractivity contribution is 5.93. The average Bonchev–Trinajstić information content (AvgIpc) is 2.53. The van der Waals surface area contributed by atoms with E-state index in [-0.39, 0.29) is 23.8 Å². The summed E-state index contributed by atoms with van der Waals surface area (Å²) in [6, 6.07) is 10.8. The van der Waals surface area contributed by atoms with E-state index in [1.165, 1.54) is 48.5 Å². The molecule has 1 amide bonds. The normalized spacial score (nSPS) is 11.0. The van der Waals surface area contributed by atoms with Crippen molar-refractivity contribution >= 4 is 11.6 Å². The first-order chi connectivity index (χ1) is 11.3. The van der Waals surface area contributed by atoms with E-state index in [1.807, 2.05) is 0 Å². The standard InChI is InChI=1S/C16H13F4NO3/c17-11-5-7-12(8-6-11)23-9-15(22)21-13-3-1-2-4-14(13)24-10-16(18,19)20/h1-8H,9-10H2,(H,21,22). The number of alkyl halides is 3. The Bertz CT molecular complexity index is 686. The molecule has 2 rings (SSSR count). The highest BCUT2D eigenvalue weighted by atomic mass is 19.4. The number of hydrogen-bond acceptors (Lipinski definition) is 3. The van der Waals surface area contributed by atoms with E-state index in [2.05, 4.69) is 10.1 Å². The molecule has 0 aliphatic rings. The van der Waals surface area contributed by atoms with Crippen LogP contribution < -0.4 is 14.8 Å². The summed E-state index contributed by atoms with van der Waals surface area (Å²) in [5.41, 5.74) is 0.0921. The third kappa shape index (κ3) is 5.79. The molecule has 0 fully saturated rings. The molecule has 0 saturated carbocycles. The minimum atomic E-state index is -4.48. The van der Waals surface area contributed by atoms with Crippen molar-refractivity contribution in [2.75, 3.05) is 18.5 Å². The second-order valence-electron chi connectivity index (χ2n) is 4.69. The maximum absolute atomic E-state index is 12.7. The van der Waals surface area contributed by atoms with Gasteiger partial charge in [-0.2, -0.15) is 13.2 Å². The first kappa shape index (κ1) is 17.6. The molecule has 1 N–H and O–H groups in total. The van der Waals surface area contributed by atoms with Gasteiger partial charge in [-0.05, 0) is 36.4 Å². The van der Waals surface area contributed by atoms with Crippen molar-refractivity contribution in [1.29, 1.82) is 0 Å². The second kappa shape index (κ2) is 7.67. The molecule has 2 aromatic carbocycles. The summed E-state index contributed by atoms with van der Waals surface area (Å²) < 4.78 is 59.2. The summed E-state index contributed by atoms with van der Waals surface area (Å²) in [5, 5.41) is 2.40. The van der Waals surface area contributed by atoms with E-state index in [0.717, 1.165) is 0 Å². The van der Waals surface area contributed by atoms with Crippen LogP contribution in [-0.2, 0) is 4.79 Å². The van der Waals surface area contributed by atoms with Gasteiger partial charge in [-0.3, -0.25) is 4.79 Å². The van der Waals surface area contributed by atoms with Gasteiger partial charge in [0.05, 0.1) is 5.69 Å². The zero-order valence-electron chi connectivity index (χ0n) is 12.3. The highest BCUT2D eigenvalue weighted by Crippen LogP contribution is 2.26. The number of nitrogens with one attached hydrogen (secondary N) is 1. The van der Waals surface area contributed by atoms with Gasteiger partial charge >= 0.3 is 6.18 Å². The van der Waals surface area contributed by atoms with Gasteiger partial charge in [0.1, 0.15) is 17.3 Å². The van der Waals surface area contributed by atoms with Gasteiger partial charge in [-0.1, -0.05) is 12.1 Å². The van der Waals surface area contributed by atoms with Crippen molar-refractivity contribution in [3.63, 3.8) is 0 Å². The van der Waals surface area contributed by atoms with Gasteiger partial charge in [0, 0.05) is 0 Å². The fourth-order valence-corrected chi connectivity index (χ4v) is 1.72. The number of hydrogen-bond donors (Lipinski definition) is 1. The molecular weight excluding hydrogens is 330 g/mol. The number of anilines is 1. The van der Waals surface area contributed by atoms with Crippen molar-refractivity contribution < 1.29 is 31.8 Å². The largest absolute Gasteiger partial charge is 0.484 e. The van der Waals surface area contributed by atoms with Crippen LogP contribution in [-0.4, -0.2) is 25.3 Å². The molecule has 0 atom stereocenters. The van der Waals surface area contributed by atoms with Crippen LogP contribution in [0.25, 0.3) is 0 Å². The van der Waals surface area contributed by atoms with Gasteiger partial charge in [-0.15, -0.1) is 0 Å². The van der Waals surface area contributed by atoms with E-state index in [4.69, 9.17) is 4.74 Å². The van der Waals surface area contributed by atoms with Crippen molar-refractivity contribution in [2.24, 2.45) is 0 Å². The van der Waals surface area contributed by atoms with Gasteiger partial charge in [-0.25, -0.2) is 4.39 Å². The Morgan fingerprint density at radius 2 is 1.67 bits per heavy atom. The second-order valence-corrected chi connectivity index (χ2v) is 4.69. The number of ether oxygens (including phenoxy) is 2. The third-order valence-electron chi connectivity index (χ3n) is 2.74. The third-order valence-corrected chi connectivity index (χ3v) is 2.74. The minimum Gasteiger partial charge on any atom is -0.484 e. The van der Waals surface area contributed by atoms with Gasteiger partial charge in [0.15, 0.2) is 13.2 Å². The maximum atomic E-state index is 12.7. The van der Waals surface area contributed by atoms with Crippen LogP contribution in [0.1, 0.15) is 0 Å². The number of carbonyl (C=O) groups excluding carboxylic acids is 1. The smallest absolute Gasteiger partial charge is 0.422 e. The highest BCUT2D eigenvalue weighted by Gasteiger charge is 2.28. The van der Waals surface area contributed by atoms with E-state index in [9.17, 15) is 22.4 Å². The fourth-order valence-electron chi connectivity index (χ4n) is 1.72. The molecule has 24 heavy (non-hydrogen) atoms. The summed E-state index contributed by atoms with van der Waals surface area (Å²) in [6.07, 6.45) is -4.48. The molecule has 0 aliphatic carbocycles. The molecule has 0 radical (unpaired) electrons. The number of benzene rings is 2. The predicted molar refractivity (Wildman–Crippen MR) is 78.5 cm³/mol. The van der Waals surface area contributed by atoms with Crippen LogP contribution in [0.4, 0.5) is 23.2 Å². The first-order valence-electron chi connectivity index (χ1n) is 6.80. The lowest BCUT2D eigenvalue weighted by Crippen LogP contribution is -2.22. The average molecular weight is 343 g/mol. The molecule has 0 bridgehead atoms. The summed E-state index contributed by atoms with van der Waals surface area (Å²) in [6.45, 7) is -1.86. The predicted octanol–water partition coefficient (Wildman–Crippen LogP) is 3.78. The summed E-state index contributed by atoms with van der Waals surface area (Å²) in [4.78, 5) is 11.8. The molecule has 0 aromatic heterocycles. The first-order valence-corrected chi connectivity index (χ1v) is 6.80. The van der Waals surface area contributed by atoms with Crippen LogP contribution in [0.5, 0.6) is 11.5 Å². The number of carbonyl (C=O) groups is 1. The molecule has 0 spiro atoms. The van der Waals surface area contributed by atoms with E-state index < -0.39 is 24.5 Å². The zero-order chi connectivity index (χ0) is 17.6. The number of halogens is 4. The summed E-state index contributed by atoms with van der Waals surface area (Å²) in [5.74, 6) is -0.858. The molecule has 0 aliphatic heterocycles. The number of para-hydroxylation sites is 2. The Balaban J connectivity index is 1.92. The lowest BCUT2D eigenvalue weighted by Gasteiger charge is -2.14. The fraction of sp³-hybridized carbons (Fsp3) is 0.188. The van der Waals surface area contributed by atoms with E-state index in [1.54, 1.807) is 0 Å². The van der Waals surface area contributed by atoms with Crippen LogP contribution in [0.2, 0.25) is 0 Å². The molecule has 2 aromatic rings. The topological polar surface area (TPSA) is 47.6 Å². The van der Waals surface area contributed by atoms with Crippen molar-refractivity contribution in [1.82, 2.24) is 0 Å². The summed E-state index contributed by atoms with van der Waals surface area (Å²) >= 11 is 0. The number of rotatable bonds is 6. The zero-order valence-corrected chi connectivity index (χ0v) is 12.3. The maximum Gasteiger partial charge on any atom is 0.422 e. The summed E-state index contributed by atoms with van der Waals surface area (Å²) in [7, 11) is 0. The van der Waals surface area contributed by atoms with Gasteiger partial charge < -0.3 is 14.8 Å². The lowest BCUT2D eigenvalue weighted by atomic mass is 10.3. The lowest BCUT2D eigenvalue weighted by molar-refractivity contribution is -0.153. The Kier molecular flexibility index (Phi) is 5.62. The van der Waals surface area contributed by atoms with Crippen molar-refractivity contribution in [2.45, 2.75) is 6.18 Å².